The Morgan fingerprint density at radius 1 is 1.05 bits per heavy atom. The van der Waals surface area contributed by atoms with Crippen molar-refractivity contribution in [1.29, 1.82) is 0 Å². The van der Waals surface area contributed by atoms with Crippen molar-refractivity contribution < 1.29 is 0 Å². The fraction of sp³-hybridized carbons (Fsp3) is 0.684. The fourth-order valence-corrected chi connectivity index (χ4v) is 3.43. The fourth-order valence-electron chi connectivity index (χ4n) is 3.43. The predicted molar refractivity (Wildman–Crippen MR) is 88.0 cm³/mol. The minimum Gasteiger partial charge on any atom is -0.303 e. The van der Waals surface area contributed by atoms with E-state index in [1.807, 2.05) is 0 Å². The van der Waals surface area contributed by atoms with Gasteiger partial charge in [-0.25, -0.2) is 0 Å². The number of piperidine rings is 1. The highest BCUT2D eigenvalue weighted by molar-refractivity contribution is 5.14. The van der Waals surface area contributed by atoms with Crippen molar-refractivity contribution >= 4 is 0 Å². The van der Waals surface area contributed by atoms with Crippen molar-refractivity contribution in [3.63, 3.8) is 0 Å². The Morgan fingerprint density at radius 2 is 1.70 bits per heavy atom. The van der Waals surface area contributed by atoms with Crippen molar-refractivity contribution in [1.82, 2.24) is 4.90 Å². The van der Waals surface area contributed by atoms with Crippen LogP contribution in [0.4, 0.5) is 0 Å². The standard InChI is InChI=1S/C19H31N/c1-19(2,3)16-18-11-14-20(15-12-18)13-7-10-17-8-5-4-6-9-17/h4-6,8-9,18H,7,10-16H2,1-3H3. The van der Waals surface area contributed by atoms with Crippen LogP contribution in [0.2, 0.25) is 0 Å². The molecule has 0 aromatic heterocycles. The lowest BCUT2D eigenvalue weighted by Gasteiger charge is -2.35. The lowest BCUT2D eigenvalue weighted by Crippen LogP contribution is -2.35. The summed E-state index contributed by atoms with van der Waals surface area (Å²) in [6, 6.07) is 10.9. The molecule has 1 aliphatic rings. The normalized spacial score (nSPS) is 18.4. The highest BCUT2D eigenvalue weighted by atomic mass is 15.1. The number of hydrogen-bond acceptors (Lipinski definition) is 1. The molecule has 1 nitrogen and oxygen atoms in total. The summed E-state index contributed by atoms with van der Waals surface area (Å²) in [4.78, 5) is 2.67. The topological polar surface area (TPSA) is 3.24 Å². The van der Waals surface area contributed by atoms with Crippen LogP contribution < -0.4 is 0 Å². The number of likely N-dealkylation sites (tertiary alicyclic amines) is 1. The summed E-state index contributed by atoms with van der Waals surface area (Å²) < 4.78 is 0. The Kier molecular flexibility index (Phi) is 5.65. The van der Waals surface area contributed by atoms with Crippen LogP contribution in [-0.4, -0.2) is 24.5 Å². The van der Waals surface area contributed by atoms with Crippen molar-refractivity contribution in [3.05, 3.63) is 35.9 Å². The minimum absolute atomic E-state index is 0.500. The zero-order chi connectivity index (χ0) is 14.4. The molecule has 112 valence electrons. The van der Waals surface area contributed by atoms with Crippen LogP contribution in [0.25, 0.3) is 0 Å². The monoisotopic (exact) mass is 273 g/mol. The van der Waals surface area contributed by atoms with Gasteiger partial charge in [-0.15, -0.1) is 0 Å². The second-order valence-corrected chi connectivity index (χ2v) is 7.64. The lowest BCUT2D eigenvalue weighted by molar-refractivity contribution is 0.151. The quantitative estimate of drug-likeness (QED) is 0.747. The SMILES string of the molecule is CC(C)(C)CC1CCN(CCCc2ccccc2)CC1. The van der Waals surface area contributed by atoms with Gasteiger partial charge in [-0.3, -0.25) is 0 Å². The Bertz CT molecular complexity index is 369. The average molecular weight is 273 g/mol. The average Bonchev–Trinajstić information content (AvgIpc) is 2.40. The predicted octanol–water partition coefficient (Wildman–Crippen LogP) is 4.77. The molecule has 1 saturated heterocycles. The minimum atomic E-state index is 0.500. The van der Waals surface area contributed by atoms with Gasteiger partial charge in [-0.2, -0.15) is 0 Å². The molecule has 0 spiro atoms. The van der Waals surface area contributed by atoms with E-state index in [1.54, 1.807) is 0 Å². The Morgan fingerprint density at radius 3 is 2.30 bits per heavy atom. The third-order valence-corrected chi connectivity index (χ3v) is 4.39. The summed E-state index contributed by atoms with van der Waals surface area (Å²) in [6.45, 7) is 11.0. The summed E-state index contributed by atoms with van der Waals surface area (Å²) in [6.07, 6.45) is 6.73. The van der Waals surface area contributed by atoms with Gasteiger partial charge in [0.25, 0.3) is 0 Å². The van der Waals surface area contributed by atoms with E-state index in [2.05, 4.69) is 56.0 Å². The first kappa shape index (κ1) is 15.6. The van der Waals surface area contributed by atoms with E-state index in [4.69, 9.17) is 0 Å². The van der Waals surface area contributed by atoms with Crippen molar-refractivity contribution in [2.45, 2.75) is 52.9 Å². The van der Waals surface area contributed by atoms with Gasteiger partial charge >= 0.3 is 0 Å². The summed E-state index contributed by atoms with van der Waals surface area (Å²) in [7, 11) is 0. The van der Waals surface area contributed by atoms with Crippen molar-refractivity contribution in [3.8, 4) is 0 Å². The van der Waals surface area contributed by atoms with Crippen LogP contribution in [0.3, 0.4) is 0 Å². The number of aryl methyl sites for hydroxylation is 1. The molecule has 2 rings (SSSR count). The molecule has 0 saturated carbocycles. The Balaban J connectivity index is 1.62. The number of benzene rings is 1. The van der Waals surface area contributed by atoms with Crippen LogP contribution in [0, 0.1) is 11.3 Å². The van der Waals surface area contributed by atoms with Crippen LogP contribution in [0.15, 0.2) is 30.3 Å². The molecule has 0 N–H and O–H groups in total. The lowest BCUT2D eigenvalue weighted by atomic mass is 9.80. The van der Waals surface area contributed by atoms with E-state index in [-0.39, 0.29) is 0 Å². The summed E-state index contributed by atoms with van der Waals surface area (Å²) in [5.74, 6) is 0.959. The molecule has 1 heterocycles. The Labute approximate surface area is 125 Å². The number of nitrogens with zero attached hydrogens (tertiary/aromatic N) is 1. The van der Waals surface area contributed by atoms with Crippen LogP contribution >= 0.6 is 0 Å². The summed E-state index contributed by atoms with van der Waals surface area (Å²) in [5.41, 5.74) is 1.98. The summed E-state index contributed by atoms with van der Waals surface area (Å²) in [5, 5.41) is 0. The van der Waals surface area contributed by atoms with Crippen LogP contribution in [0.1, 0.15) is 52.0 Å². The second-order valence-electron chi connectivity index (χ2n) is 7.64. The van der Waals surface area contributed by atoms with Gasteiger partial charge in [-0.1, -0.05) is 51.1 Å². The molecular formula is C19H31N. The van der Waals surface area contributed by atoms with Gasteiger partial charge in [0.15, 0.2) is 0 Å². The molecule has 0 radical (unpaired) electrons. The van der Waals surface area contributed by atoms with Crippen molar-refractivity contribution in [2.75, 3.05) is 19.6 Å². The summed E-state index contributed by atoms with van der Waals surface area (Å²) >= 11 is 0. The van der Waals surface area contributed by atoms with Crippen LogP contribution in [-0.2, 0) is 6.42 Å². The number of rotatable bonds is 5. The third-order valence-electron chi connectivity index (χ3n) is 4.39. The number of hydrogen-bond donors (Lipinski definition) is 0. The zero-order valence-corrected chi connectivity index (χ0v) is 13.6. The highest BCUT2D eigenvalue weighted by Crippen LogP contribution is 2.30. The molecule has 1 heteroatoms. The van der Waals surface area contributed by atoms with Gasteiger partial charge in [0.1, 0.15) is 0 Å². The molecule has 0 aliphatic carbocycles. The maximum Gasteiger partial charge on any atom is -0.00156 e. The maximum atomic E-state index is 2.67. The third kappa shape index (κ3) is 5.66. The maximum absolute atomic E-state index is 2.67. The van der Waals surface area contributed by atoms with Gasteiger partial charge in [0.2, 0.25) is 0 Å². The van der Waals surface area contributed by atoms with E-state index in [0.29, 0.717) is 5.41 Å². The van der Waals surface area contributed by atoms with Gasteiger partial charge in [-0.05, 0) is 68.6 Å². The van der Waals surface area contributed by atoms with Gasteiger partial charge < -0.3 is 4.90 Å². The second kappa shape index (κ2) is 7.26. The first-order valence-corrected chi connectivity index (χ1v) is 8.29. The van der Waals surface area contributed by atoms with Gasteiger partial charge in [0.05, 0.1) is 0 Å². The molecule has 0 amide bonds. The van der Waals surface area contributed by atoms with Gasteiger partial charge in [0, 0.05) is 0 Å². The van der Waals surface area contributed by atoms with Crippen LogP contribution in [0.5, 0.6) is 0 Å². The molecule has 1 aliphatic heterocycles. The van der Waals surface area contributed by atoms with Crippen molar-refractivity contribution in [2.24, 2.45) is 11.3 Å². The molecule has 1 aromatic rings. The first-order chi connectivity index (χ1) is 9.53. The van der Waals surface area contributed by atoms with E-state index in [0.717, 1.165) is 5.92 Å². The smallest absolute Gasteiger partial charge is 0.00156 e. The van der Waals surface area contributed by atoms with E-state index in [1.165, 1.54) is 57.3 Å². The zero-order valence-electron chi connectivity index (χ0n) is 13.6. The highest BCUT2D eigenvalue weighted by Gasteiger charge is 2.23. The molecule has 0 unspecified atom stereocenters. The molecular weight excluding hydrogens is 242 g/mol. The first-order valence-electron chi connectivity index (χ1n) is 8.29. The largest absolute Gasteiger partial charge is 0.303 e. The van der Waals surface area contributed by atoms with E-state index < -0.39 is 0 Å². The Hall–Kier alpha value is -0.820. The van der Waals surface area contributed by atoms with E-state index >= 15 is 0 Å². The van der Waals surface area contributed by atoms with E-state index in [9.17, 15) is 0 Å². The molecule has 20 heavy (non-hydrogen) atoms. The molecule has 1 fully saturated rings. The molecule has 0 bridgehead atoms. The molecule has 0 atom stereocenters. The molecule has 1 aromatic carbocycles.